The van der Waals surface area contributed by atoms with Crippen molar-refractivity contribution in [1.82, 2.24) is 5.32 Å². The number of nitrogens with one attached hydrogen (secondary N) is 1. The monoisotopic (exact) mass is 343 g/mol. The molecule has 2 aromatic rings. The molecule has 0 unspecified atom stereocenters. The molecule has 0 aliphatic carbocycles. The van der Waals surface area contributed by atoms with Crippen LogP contribution in [-0.4, -0.2) is 28.3 Å². The minimum absolute atomic E-state index is 0.0605. The van der Waals surface area contributed by atoms with Crippen LogP contribution in [0.15, 0.2) is 42.5 Å². The van der Waals surface area contributed by atoms with Gasteiger partial charge in [-0.05, 0) is 57.5 Å². The average molecular weight is 343 g/mol. The van der Waals surface area contributed by atoms with Crippen LogP contribution in [0, 0.1) is 6.92 Å². The van der Waals surface area contributed by atoms with Gasteiger partial charge in [0, 0.05) is 12.1 Å². The maximum absolute atomic E-state index is 12.1. The van der Waals surface area contributed by atoms with Crippen LogP contribution in [0.4, 0.5) is 0 Å². The molecule has 3 N–H and O–H groups in total. The fourth-order valence-corrected chi connectivity index (χ4v) is 2.20. The van der Waals surface area contributed by atoms with E-state index in [1.165, 1.54) is 12.1 Å². The molecule has 0 aliphatic rings. The molecule has 0 saturated carbocycles. The Balaban J connectivity index is 2.06. The second kappa shape index (κ2) is 7.68. The normalized spacial score (nSPS) is 12.7. The number of rotatable bonds is 5. The van der Waals surface area contributed by atoms with Crippen molar-refractivity contribution in [2.24, 2.45) is 0 Å². The molecular weight excluding hydrogens is 318 g/mol. The van der Waals surface area contributed by atoms with E-state index >= 15 is 0 Å². The van der Waals surface area contributed by atoms with E-state index < -0.39 is 12.1 Å². The molecule has 0 heterocycles. The largest absolute Gasteiger partial charge is 0.504 e. The lowest BCUT2D eigenvalue weighted by Gasteiger charge is -2.23. The molecular formula is C20H25NO4. The van der Waals surface area contributed by atoms with E-state index in [1.54, 1.807) is 18.2 Å². The van der Waals surface area contributed by atoms with Gasteiger partial charge in [-0.3, -0.25) is 0 Å². The summed E-state index contributed by atoms with van der Waals surface area (Å²) in [7, 11) is 0. The lowest BCUT2D eigenvalue weighted by atomic mass is 10.1. The number of esters is 1. The number of carbonyl (C=O) groups excluding carboxylic acids is 1. The van der Waals surface area contributed by atoms with Crippen molar-refractivity contribution < 1.29 is 19.7 Å². The summed E-state index contributed by atoms with van der Waals surface area (Å²) in [6, 6.07) is 11.5. The van der Waals surface area contributed by atoms with Crippen LogP contribution in [0.2, 0.25) is 0 Å². The number of phenols is 1. The number of ether oxygens (including phenoxy) is 1. The second-order valence-electron chi connectivity index (χ2n) is 7.13. The van der Waals surface area contributed by atoms with Crippen LogP contribution in [-0.2, 0) is 0 Å². The summed E-state index contributed by atoms with van der Waals surface area (Å²) in [5.41, 5.74) is 1.88. The number of benzene rings is 2. The third kappa shape index (κ3) is 5.59. The van der Waals surface area contributed by atoms with Gasteiger partial charge in [-0.2, -0.15) is 0 Å². The first-order valence-electron chi connectivity index (χ1n) is 8.20. The second-order valence-corrected chi connectivity index (χ2v) is 7.13. The van der Waals surface area contributed by atoms with Gasteiger partial charge in [-0.25, -0.2) is 4.79 Å². The van der Waals surface area contributed by atoms with Crippen molar-refractivity contribution in [3.8, 4) is 11.5 Å². The van der Waals surface area contributed by atoms with Crippen LogP contribution < -0.4 is 10.1 Å². The first-order valence-corrected chi connectivity index (χ1v) is 8.20. The molecule has 0 bridgehead atoms. The molecule has 0 amide bonds. The Bertz CT molecular complexity index is 732. The van der Waals surface area contributed by atoms with Gasteiger partial charge in [0.2, 0.25) is 0 Å². The molecule has 2 rings (SSSR count). The number of carbonyl (C=O) groups is 1. The van der Waals surface area contributed by atoms with Crippen molar-refractivity contribution in [3.05, 3.63) is 59.2 Å². The number of aryl methyl sites for hydroxylation is 1. The summed E-state index contributed by atoms with van der Waals surface area (Å²) < 4.78 is 5.23. The van der Waals surface area contributed by atoms with E-state index in [-0.39, 0.29) is 17.0 Å². The van der Waals surface area contributed by atoms with E-state index in [2.05, 4.69) is 5.32 Å². The van der Waals surface area contributed by atoms with Crippen molar-refractivity contribution in [2.45, 2.75) is 39.3 Å². The lowest BCUT2D eigenvalue weighted by molar-refractivity contribution is 0.0729. The van der Waals surface area contributed by atoms with Crippen LogP contribution in [0.5, 0.6) is 11.5 Å². The Hall–Kier alpha value is -2.37. The number of β-amino-alcohol motifs (C(OH)–C–C–N with tert-alkyl or cyclic N) is 1. The van der Waals surface area contributed by atoms with E-state index in [0.29, 0.717) is 17.7 Å². The molecule has 0 fully saturated rings. The molecule has 0 spiro atoms. The van der Waals surface area contributed by atoms with Gasteiger partial charge < -0.3 is 20.3 Å². The third-order valence-electron chi connectivity index (χ3n) is 3.68. The zero-order valence-corrected chi connectivity index (χ0v) is 15.0. The standard InChI is InChI=1S/C20H25NO4/c1-13-5-7-14(8-6-13)19(24)25-18-10-9-15(11-16(18)22)17(23)12-21-20(2,3)4/h5-11,17,21-23H,12H2,1-4H3/t17-/m0/s1. The smallest absolute Gasteiger partial charge is 0.343 e. The van der Waals surface area contributed by atoms with Crippen LogP contribution in [0.3, 0.4) is 0 Å². The average Bonchev–Trinajstić information content (AvgIpc) is 2.54. The van der Waals surface area contributed by atoms with Gasteiger partial charge in [0.25, 0.3) is 0 Å². The SMILES string of the molecule is Cc1ccc(C(=O)Oc2ccc([C@@H](O)CNC(C)(C)C)cc2O)cc1. The number of phenolic OH excluding ortho intramolecular Hbond substituents is 1. The molecule has 0 saturated heterocycles. The Kier molecular flexibility index (Phi) is 5.82. The van der Waals surface area contributed by atoms with Gasteiger partial charge in [0.1, 0.15) is 0 Å². The van der Waals surface area contributed by atoms with Crippen LogP contribution in [0.25, 0.3) is 0 Å². The number of aliphatic hydroxyl groups excluding tert-OH is 1. The van der Waals surface area contributed by atoms with E-state index in [9.17, 15) is 15.0 Å². The zero-order valence-electron chi connectivity index (χ0n) is 15.0. The number of aromatic hydroxyl groups is 1. The molecule has 5 nitrogen and oxygen atoms in total. The highest BCUT2D eigenvalue weighted by atomic mass is 16.5. The quantitative estimate of drug-likeness (QED) is 0.573. The fraction of sp³-hybridized carbons (Fsp3) is 0.350. The molecule has 0 aromatic heterocycles. The van der Waals surface area contributed by atoms with Crippen molar-refractivity contribution in [1.29, 1.82) is 0 Å². The van der Waals surface area contributed by atoms with Crippen LogP contribution in [0.1, 0.15) is 48.4 Å². The molecule has 1 atom stereocenters. The Labute approximate surface area is 148 Å². The third-order valence-corrected chi connectivity index (χ3v) is 3.68. The highest BCUT2D eigenvalue weighted by Crippen LogP contribution is 2.30. The van der Waals surface area contributed by atoms with Crippen molar-refractivity contribution >= 4 is 5.97 Å². The number of hydrogen-bond donors (Lipinski definition) is 3. The number of hydrogen-bond acceptors (Lipinski definition) is 5. The Morgan fingerprint density at radius 1 is 1.16 bits per heavy atom. The molecule has 0 aliphatic heterocycles. The summed E-state index contributed by atoms with van der Waals surface area (Å²) >= 11 is 0. The summed E-state index contributed by atoms with van der Waals surface area (Å²) in [6.45, 7) is 8.30. The Morgan fingerprint density at radius 2 is 1.80 bits per heavy atom. The molecule has 5 heteroatoms. The van der Waals surface area contributed by atoms with E-state index in [0.717, 1.165) is 5.56 Å². The van der Waals surface area contributed by atoms with Gasteiger partial charge in [0.05, 0.1) is 11.7 Å². The molecule has 25 heavy (non-hydrogen) atoms. The fourth-order valence-electron chi connectivity index (χ4n) is 2.20. The van der Waals surface area contributed by atoms with E-state index in [4.69, 9.17) is 4.74 Å². The summed E-state index contributed by atoms with van der Waals surface area (Å²) in [5.74, 6) is -0.670. The van der Waals surface area contributed by atoms with Gasteiger partial charge in [-0.1, -0.05) is 23.8 Å². The minimum Gasteiger partial charge on any atom is -0.504 e. The molecule has 2 aromatic carbocycles. The zero-order chi connectivity index (χ0) is 18.6. The lowest BCUT2D eigenvalue weighted by Crippen LogP contribution is -2.38. The topological polar surface area (TPSA) is 78.8 Å². The number of aliphatic hydroxyl groups is 1. The highest BCUT2D eigenvalue weighted by molar-refractivity contribution is 5.91. The first kappa shape index (κ1) is 19.0. The first-order chi connectivity index (χ1) is 11.7. The maximum atomic E-state index is 12.1. The maximum Gasteiger partial charge on any atom is 0.343 e. The summed E-state index contributed by atoms with van der Waals surface area (Å²) in [6.07, 6.45) is -0.771. The molecule has 0 radical (unpaired) electrons. The van der Waals surface area contributed by atoms with Crippen LogP contribution >= 0.6 is 0 Å². The Morgan fingerprint density at radius 3 is 2.36 bits per heavy atom. The van der Waals surface area contributed by atoms with Gasteiger partial charge in [0.15, 0.2) is 11.5 Å². The predicted octanol–water partition coefficient (Wildman–Crippen LogP) is 3.34. The van der Waals surface area contributed by atoms with Gasteiger partial charge >= 0.3 is 5.97 Å². The summed E-state index contributed by atoms with van der Waals surface area (Å²) in [5, 5.41) is 23.5. The summed E-state index contributed by atoms with van der Waals surface area (Å²) in [4.78, 5) is 12.1. The van der Waals surface area contributed by atoms with E-state index in [1.807, 2.05) is 39.8 Å². The van der Waals surface area contributed by atoms with Crippen molar-refractivity contribution in [3.63, 3.8) is 0 Å². The van der Waals surface area contributed by atoms with Crippen molar-refractivity contribution in [2.75, 3.05) is 6.54 Å². The minimum atomic E-state index is -0.771. The van der Waals surface area contributed by atoms with Gasteiger partial charge in [-0.15, -0.1) is 0 Å². The molecule has 134 valence electrons. The predicted molar refractivity (Wildman–Crippen MR) is 97.0 cm³/mol. The highest BCUT2D eigenvalue weighted by Gasteiger charge is 2.16.